The van der Waals surface area contributed by atoms with Gasteiger partial charge >= 0.3 is 0 Å². The van der Waals surface area contributed by atoms with Gasteiger partial charge in [-0.3, -0.25) is 4.79 Å². The number of aryl methyl sites for hydroxylation is 1. The summed E-state index contributed by atoms with van der Waals surface area (Å²) in [7, 11) is 1.78. The van der Waals surface area contributed by atoms with Crippen molar-refractivity contribution >= 4 is 22.6 Å². The Morgan fingerprint density at radius 1 is 1.50 bits per heavy atom. The van der Waals surface area contributed by atoms with Crippen molar-refractivity contribution in [2.75, 3.05) is 25.0 Å². The molecule has 1 aromatic carbocycles. The summed E-state index contributed by atoms with van der Waals surface area (Å²) in [6.07, 6.45) is 0. The van der Waals surface area contributed by atoms with E-state index in [9.17, 15) is 4.79 Å². The average molecular weight is 246 g/mol. The van der Waals surface area contributed by atoms with Crippen LogP contribution >= 0.6 is 0 Å². The molecule has 0 bridgehead atoms. The smallest absolute Gasteiger partial charge is 0.240 e. The molecular weight excluding hydrogens is 228 g/mol. The highest BCUT2D eigenvalue weighted by Crippen LogP contribution is 2.19. The van der Waals surface area contributed by atoms with Crippen LogP contribution in [0.25, 0.3) is 11.0 Å². The molecule has 0 aliphatic heterocycles. The number of rotatable bonds is 4. The summed E-state index contributed by atoms with van der Waals surface area (Å²) in [6.45, 7) is 5.04. The van der Waals surface area contributed by atoms with E-state index in [0.717, 1.165) is 29.1 Å². The highest BCUT2D eigenvalue weighted by Gasteiger charge is 2.11. The highest BCUT2D eigenvalue weighted by molar-refractivity contribution is 5.96. The minimum Gasteiger partial charge on any atom is -0.342 e. The van der Waals surface area contributed by atoms with Crippen LogP contribution in [0, 0.1) is 6.92 Å². The van der Waals surface area contributed by atoms with Gasteiger partial charge in [-0.05, 0) is 31.7 Å². The molecular formula is C13H18N4O. The number of nitrogens with one attached hydrogen (secondary N) is 2. The molecule has 0 aliphatic carbocycles. The number of imidazole rings is 1. The summed E-state index contributed by atoms with van der Waals surface area (Å²) in [6, 6.07) is 5.77. The number of aromatic amines is 1. The van der Waals surface area contributed by atoms with E-state index in [0.29, 0.717) is 6.54 Å². The van der Waals surface area contributed by atoms with Crippen LogP contribution in [-0.2, 0) is 4.79 Å². The fourth-order valence-corrected chi connectivity index (χ4v) is 1.83. The first-order valence-corrected chi connectivity index (χ1v) is 6.05. The van der Waals surface area contributed by atoms with Crippen LogP contribution in [0.15, 0.2) is 18.2 Å². The second-order valence-corrected chi connectivity index (χ2v) is 4.26. The average Bonchev–Trinajstić information content (AvgIpc) is 2.73. The van der Waals surface area contributed by atoms with Crippen molar-refractivity contribution in [2.24, 2.45) is 0 Å². The zero-order valence-electron chi connectivity index (χ0n) is 10.9. The Labute approximate surface area is 106 Å². The van der Waals surface area contributed by atoms with E-state index in [1.54, 1.807) is 11.9 Å². The molecule has 5 heteroatoms. The van der Waals surface area contributed by atoms with Crippen LogP contribution in [0.4, 0.5) is 5.69 Å². The Morgan fingerprint density at radius 2 is 2.28 bits per heavy atom. The van der Waals surface area contributed by atoms with Crippen LogP contribution in [-0.4, -0.2) is 36.0 Å². The van der Waals surface area contributed by atoms with Gasteiger partial charge in [0.25, 0.3) is 0 Å². The van der Waals surface area contributed by atoms with Gasteiger partial charge in [-0.25, -0.2) is 4.98 Å². The van der Waals surface area contributed by atoms with Gasteiger partial charge in [0.1, 0.15) is 5.82 Å². The molecule has 5 nitrogen and oxygen atoms in total. The van der Waals surface area contributed by atoms with Gasteiger partial charge in [0.2, 0.25) is 5.91 Å². The van der Waals surface area contributed by atoms with Gasteiger partial charge in [-0.15, -0.1) is 0 Å². The van der Waals surface area contributed by atoms with E-state index < -0.39 is 0 Å². The largest absolute Gasteiger partial charge is 0.342 e. The summed E-state index contributed by atoms with van der Waals surface area (Å²) in [5, 5.41) is 3.03. The maximum absolute atomic E-state index is 11.9. The molecule has 0 saturated carbocycles. The quantitative estimate of drug-likeness (QED) is 0.858. The van der Waals surface area contributed by atoms with Crippen molar-refractivity contribution in [2.45, 2.75) is 13.8 Å². The predicted molar refractivity (Wildman–Crippen MR) is 72.8 cm³/mol. The first-order chi connectivity index (χ1) is 8.61. The molecule has 0 fully saturated rings. The number of amides is 1. The number of benzene rings is 1. The third-order valence-corrected chi connectivity index (χ3v) is 2.87. The van der Waals surface area contributed by atoms with Crippen LogP contribution in [0.3, 0.4) is 0 Å². The van der Waals surface area contributed by atoms with Crippen LogP contribution in [0.2, 0.25) is 0 Å². The molecule has 2 aromatic rings. The van der Waals surface area contributed by atoms with Gasteiger partial charge in [-0.1, -0.05) is 6.92 Å². The lowest BCUT2D eigenvalue weighted by atomic mass is 10.2. The third kappa shape index (κ3) is 2.51. The van der Waals surface area contributed by atoms with Crippen molar-refractivity contribution in [1.29, 1.82) is 0 Å². The number of carbonyl (C=O) groups excluding carboxylic acids is 1. The molecule has 0 saturated heterocycles. The number of carbonyl (C=O) groups is 1. The molecule has 2 rings (SSSR count). The fourth-order valence-electron chi connectivity index (χ4n) is 1.83. The van der Waals surface area contributed by atoms with Crippen molar-refractivity contribution in [3.8, 4) is 0 Å². The SMILES string of the molecule is CCNCC(=O)N(C)c1ccc2nc(C)[nH]c2c1. The number of fused-ring (bicyclic) bond motifs is 1. The van der Waals surface area contributed by atoms with E-state index in [-0.39, 0.29) is 5.91 Å². The highest BCUT2D eigenvalue weighted by atomic mass is 16.2. The maximum atomic E-state index is 11.9. The van der Waals surface area contributed by atoms with E-state index in [1.807, 2.05) is 32.0 Å². The van der Waals surface area contributed by atoms with Crippen LogP contribution in [0.1, 0.15) is 12.7 Å². The molecule has 1 heterocycles. The lowest BCUT2D eigenvalue weighted by molar-refractivity contribution is -0.117. The molecule has 96 valence electrons. The molecule has 0 radical (unpaired) electrons. The second kappa shape index (κ2) is 5.18. The Bertz CT molecular complexity index is 561. The number of hydrogen-bond donors (Lipinski definition) is 2. The molecule has 0 spiro atoms. The monoisotopic (exact) mass is 246 g/mol. The molecule has 2 N–H and O–H groups in total. The lowest BCUT2D eigenvalue weighted by Gasteiger charge is -2.17. The van der Waals surface area contributed by atoms with Gasteiger partial charge in [0, 0.05) is 12.7 Å². The number of anilines is 1. The third-order valence-electron chi connectivity index (χ3n) is 2.87. The maximum Gasteiger partial charge on any atom is 0.240 e. The minimum absolute atomic E-state index is 0.0486. The molecule has 1 aromatic heterocycles. The normalized spacial score (nSPS) is 10.8. The Hall–Kier alpha value is -1.88. The molecule has 18 heavy (non-hydrogen) atoms. The van der Waals surface area contributed by atoms with E-state index >= 15 is 0 Å². The number of aromatic nitrogens is 2. The van der Waals surface area contributed by atoms with E-state index in [1.165, 1.54) is 0 Å². The van der Waals surface area contributed by atoms with Gasteiger partial charge in [0.15, 0.2) is 0 Å². The number of nitrogens with zero attached hydrogens (tertiary/aromatic N) is 2. The van der Waals surface area contributed by atoms with Crippen molar-refractivity contribution in [1.82, 2.24) is 15.3 Å². The zero-order chi connectivity index (χ0) is 13.1. The van der Waals surface area contributed by atoms with E-state index in [2.05, 4.69) is 15.3 Å². The Balaban J connectivity index is 2.21. The predicted octanol–water partition coefficient (Wildman–Crippen LogP) is 1.44. The minimum atomic E-state index is 0.0486. The van der Waals surface area contributed by atoms with Gasteiger partial charge < -0.3 is 15.2 Å². The number of hydrogen-bond acceptors (Lipinski definition) is 3. The Kier molecular flexibility index (Phi) is 3.62. The number of H-pyrrole nitrogens is 1. The van der Waals surface area contributed by atoms with Crippen LogP contribution in [0.5, 0.6) is 0 Å². The van der Waals surface area contributed by atoms with Gasteiger partial charge in [-0.2, -0.15) is 0 Å². The van der Waals surface area contributed by atoms with Crippen molar-refractivity contribution in [3.63, 3.8) is 0 Å². The number of likely N-dealkylation sites (N-methyl/N-ethyl adjacent to an activating group) is 2. The van der Waals surface area contributed by atoms with Crippen molar-refractivity contribution in [3.05, 3.63) is 24.0 Å². The fraction of sp³-hybridized carbons (Fsp3) is 0.385. The summed E-state index contributed by atoms with van der Waals surface area (Å²) in [5.41, 5.74) is 2.74. The van der Waals surface area contributed by atoms with Crippen molar-refractivity contribution < 1.29 is 4.79 Å². The first kappa shape index (κ1) is 12.6. The molecule has 0 atom stereocenters. The lowest BCUT2D eigenvalue weighted by Crippen LogP contribution is -2.35. The van der Waals surface area contributed by atoms with E-state index in [4.69, 9.17) is 0 Å². The molecule has 1 amide bonds. The zero-order valence-corrected chi connectivity index (χ0v) is 10.9. The Morgan fingerprint density at radius 3 is 3.00 bits per heavy atom. The molecule has 0 aliphatic rings. The van der Waals surface area contributed by atoms with Gasteiger partial charge in [0.05, 0.1) is 17.6 Å². The topological polar surface area (TPSA) is 61.0 Å². The standard InChI is InChI=1S/C13H18N4O/c1-4-14-8-13(18)17(3)10-5-6-11-12(7-10)16-9(2)15-11/h5-7,14H,4,8H2,1-3H3,(H,15,16). The summed E-state index contributed by atoms with van der Waals surface area (Å²) < 4.78 is 0. The summed E-state index contributed by atoms with van der Waals surface area (Å²) >= 11 is 0. The summed E-state index contributed by atoms with van der Waals surface area (Å²) in [4.78, 5) is 21.0. The molecule has 0 unspecified atom stereocenters. The second-order valence-electron chi connectivity index (χ2n) is 4.26. The summed E-state index contributed by atoms with van der Waals surface area (Å²) in [5.74, 6) is 0.927. The van der Waals surface area contributed by atoms with Crippen LogP contribution < -0.4 is 10.2 Å². The first-order valence-electron chi connectivity index (χ1n) is 6.05.